The lowest BCUT2D eigenvalue weighted by Crippen LogP contribution is -2.19. The van der Waals surface area contributed by atoms with Crippen molar-refractivity contribution in [3.63, 3.8) is 0 Å². The number of hydrogen-bond acceptors (Lipinski definition) is 4. The smallest absolute Gasteiger partial charge is 0.324 e. The van der Waals surface area contributed by atoms with Gasteiger partial charge < -0.3 is 10.1 Å². The zero-order valence-corrected chi connectivity index (χ0v) is 11.0. The largest absolute Gasteiger partial charge is 0.495 e. The Bertz CT molecular complexity index is 631. The maximum Gasteiger partial charge on any atom is 0.324 e. The van der Waals surface area contributed by atoms with Crippen LogP contribution in [0.4, 0.5) is 15.5 Å². The van der Waals surface area contributed by atoms with Crippen LogP contribution in [-0.4, -0.2) is 13.1 Å². The summed E-state index contributed by atoms with van der Waals surface area (Å²) in [5.74, 6) is 0.573. The predicted molar refractivity (Wildman–Crippen MR) is 74.7 cm³/mol. The molecule has 0 atom stereocenters. The van der Waals surface area contributed by atoms with Crippen molar-refractivity contribution in [3.05, 3.63) is 41.3 Å². The Morgan fingerprint density at radius 2 is 2.11 bits per heavy atom. The third-order valence-electron chi connectivity index (χ3n) is 2.37. The van der Waals surface area contributed by atoms with Gasteiger partial charge in [0, 0.05) is 0 Å². The summed E-state index contributed by atoms with van der Waals surface area (Å²) in [6.45, 7) is 0. The van der Waals surface area contributed by atoms with Gasteiger partial charge in [0.15, 0.2) is 0 Å². The fraction of sp³-hybridized carbons (Fsp3) is 0.0769. The zero-order chi connectivity index (χ0) is 13.7. The summed E-state index contributed by atoms with van der Waals surface area (Å²) in [6.07, 6.45) is 0. The molecule has 0 spiro atoms. The van der Waals surface area contributed by atoms with E-state index < -0.39 is 6.03 Å². The van der Waals surface area contributed by atoms with Crippen molar-refractivity contribution >= 4 is 28.1 Å². The van der Waals surface area contributed by atoms with Crippen LogP contribution < -0.4 is 15.4 Å². The molecule has 1 aromatic heterocycles. The SMILES string of the molecule is COc1ccccc1NC(=O)Nc1sccc1C#N. The van der Waals surface area contributed by atoms with Gasteiger partial charge in [-0.15, -0.1) is 11.3 Å². The molecule has 0 fully saturated rings. The molecule has 0 aliphatic rings. The van der Waals surface area contributed by atoms with Crippen LogP contribution in [0.1, 0.15) is 5.56 Å². The molecule has 2 N–H and O–H groups in total. The minimum absolute atomic E-state index is 0.413. The molecular formula is C13H11N3O2S. The summed E-state index contributed by atoms with van der Waals surface area (Å²) in [5.41, 5.74) is 1.01. The summed E-state index contributed by atoms with van der Waals surface area (Å²) < 4.78 is 5.13. The summed E-state index contributed by atoms with van der Waals surface area (Å²) in [4.78, 5) is 11.8. The standard InChI is InChI=1S/C13H11N3O2S/c1-18-11-5-3-2-4-10(11)15-13(17)16-12-9(8-14)6-7-19-12/h2-7H,1H3,(H2,15,16,17). The number of carbonyl (C=O) groups excluding carboxylic acids is 1. The van der Waals surface area contributed by atoms with Crippen molar-refractivity contribution in [1.29, 1.82) is 5.26 Å². The Kier molecular flexibility index (Phi) is 4.00. The summed E-state index contributed by atoms with van der Waals surface area (Å²) in [6, 6.07) is 10.3. The van der Waals surface area contributed by atoms with Crippen molar-refractivity contribution < 1.29 is 9.53 Å². The van der Waals surface area contributed by atoms with Gasteiger partial charge in [-0.1, -0.05) is 12.1 Å². The average molecular weight is 273 g/mol. The highest BCUT2D eigenvalue weighted by Gasteiger charge is 2.10. The second kappa shape index (κ2) is 5.89. The van der Waals surface area contributed by atoms with Crippen LogP contribution >= 0.6 is 11.3 Å². The molecular weight excluding hydrogens is 262 g/mol. The molecule has 1 heterocycles. The van der Waals surface area contributed by atoms with Crippen molar-refractivity contribution in [3.8, 4) is 11.8 Å². The zero-order valence-electron chi connectivity index (χ0n) is 10.1. The first-order valence-corrected chi connectivity index (χ1v) is 6.31. The Balaban J connectivity index is 2.08. The third kappa shape index (κ3) is 3.03. The van der Waals surface area contributed by atoms with Gasteiger partial charge in [-0.25, -0.2) is 4.79 Å². The van der Waals surface area contributed by atoms with Gasteiger partial charge in [0.2, 0.25) is 0 Å². The van der Waals surface area contributed by atoms with E-state index in [-0.39, 0.29) is 0 Å². The van der Waals surface area contributed by atoms with Gasteiger partial charge >= 0.3 is 6.03 Å². The monoisotopic (exact) mass is 273 g/mol. The van der Waals surface area contributed by atoms with E-state index in [2.05, 4.69) is 10.6 Å². The quantitative estimate of drug-likeness (QED) is 0.901. The topological polar surface area (TPSA) is 74.2 Å². The van der Waals surface area contributed by atoms with Crippen LogP contribution in [0.2, 0.25) is 0 Å². The molecule has 0 radical (unpaired) electrons. The number of nitrogens with zero attached hydrogens (tertiary/aromatic N) is 1. The van der Waals surface area contributed by atoms with Crippen molar-refractivity contribution in [2.75, 3.05) is 17.7 Å². The molecule has 1 aromatic carbocycles. The van der Waals surface area contributed by atoms with Gasteiger partial charge in [0.05, 0.1) is 18.4 Å². The number of ether oxygens (including phenoxy) is 1. The van der Waals surface area contributed by atoms with Crippen molar-refractivity contribution in [2.45, 2.75) is 0 Å². The van der Waals surface area contributed by atoms with E-state index in [0.29, 0.717) is 22.0 Å². The van der Waals surface area contributed by atoms with Crippen molar-refractivity contribution in [2.24, 2.45) is 0 Å². The van der Waals surface area contributed by atoms with E-state index in [9.17, 15) is 4.79 Å². The summed E-state index contributed by atoms with van der Waals surface area (Å²) in [5, 5.41) is 16.4. The van der Waals surface area contributed by atoms with Crippen LogP contribution in [0.25, 0.3) is 0 Å². The van der Waals surface area contributed by atoms with Crippen LogP contribution in [0.5, 0.6) is 5.75 Å². The molecule has 0 bridgehead atoms. The van der Waals surface area contributed by atoms with Gasteiger partial charge in [-0.3, -0.25) is 5.32 Å². The second-order valence-electron chi connectivity index (χ2n) is 3.55. The van der Waals surface area contributed by atoms with E-state index in [1.165, 1.54) is 18.4 Å². The fourth-order valence-corrected chi connectivity index (χ4v) is 2.23. The van der Waals surface area contributed by atoms with Crippen LogP contribution in [0, 0.1) is 11.3 Å². The first-order chi connectivity index (χ1) is 9.24. The number of benzene rings is 1. The molecule has 6 heteroatoms. The number of nitrogens with one attached hydrogen (secondary N) is 2. The van der Waals surface area contributed by atoms with E-state index in [1.807, 2.05) is 12.1 Å². The number of methoxy groups -OCH3 is 1. The number of nitriles is 1. The Hall–Kier alpha value is -2.52. The first-order valence-electron chi connectivity index (χ1n) is 5.43. The second-order valence-corrected chi connectivity index (χ2v) is 4.47. The normalized spacial score (nSPS) is 9.47. The van der Waals surface area contributed by atoms with E-state index in [1.54, 1.807) is 29.6 Å². The van der Waals surface area contributed by atoms with Gasteiger partial charge in [-0.2, -0.15) is 5.26 Å². The number of thiophene rings is 1. The Morgan fingerprint density at radius 3 is 2.84 bits per heavy atom. The number of anilines is 2. The molecule has 19 heavy (non-hydrogen) atoms. The Morgan fingerprint density at radius 1 is 1.32 bits per heavy atom. The summed E-state index contributed by atoms with van der Waals surface area (Å²) in [7, 11) is 1.53. The molecule has 96 valence electrons. The molecule has 0 saturated carbocycles. The third-order valence-corrected chi connectivity index (χ3v) is 3.20. The lowest BCUT2D eigenvalue weighted by molar-refractivity contribution is 0.262. The average Bonchev–Trinajstić information content (AvgIpc) is 2.86. The molecule has 0 aliphatic heterocycles. The summed E-state index contributed by atoms with van der Waals surface area (Å²) >= 11 is 1.30. The van der Waals surface area contributed by atoms with E-state index in [4.69, 9.17) is 10.00 Å². The van der Waals surface area contributed by atoms with E-state index in [0.717, 1.165) is 0 Å². The minimum atomic E-state index is -0.413. The first kappa shape index (κ1) is 12.9. The fourth-order valence-electron chi connectivity index (χ4n) is 1.50. The predicted octanol–water partition coefficient (Wildman–Crippen LogP) is 3.27. The molecule has 0 aliphatic carbocycles. The highest BCUT2D eigenvalue weighted by Crippen LogP contribution is 2.25. The molecule has 0 saturated heterocycles. The van der Waals surface area contributed by atoms with Gasteiger partial charge in [0.25, 0.3) is 0 Å². The van der Waals surface area contributed by atoms with Crippen LogP contribution in [-0.2, 0) is 0 Å². The van der Waals surface area contributed by atoms with Crippen LogP contribution in [0.15, 0.2) is 35.7 Å². The minimum Gasteiger partial charge on any atom is -0.495 e. The van der Waals surface area contributed by atoms with Crippen molar-refractivity contribution in [1.82, 2.24) is 0 Å². The molecule has 0 unspecified atom stereocenters. The highest BCUT2D eigenvalue weighted by atomic mass is 32.1. The lowest BCUT2D eigenvalue weighted by Gasteiger charge is -2.10. The number of hydrogen-bond donors (Lipinski definition) is 2. The highest BCUT2D eigenvalue weighted by molar-refractivity contribution is 7.14. The van der Waals surface area contributed by atoms with E-state index >= 15 is 0 Å². The van der Waals surface area contributed by atoms with Gasteiger partial charge in [-0.05, 0) is 23.6 Å². The molecule has 2 rings (SSSR count). The van der Waals surface area contributed by atoms with Crippen LogP contribution in [0.3, 0.4) is 0 Å². The maximum absolute atomic E-state index is 11.8. The number of urea groups is 1. The van der Waals surface area contributed by atoms with Gasteiger partial charge in [0.1, 0.15) is 16.8 Å². The number of carbonyl (C=O) groups is 1. The molecule has 2 aromatic rings. The number of amides is 2. The Labute approximate surface area is 114 Å². The lowest BCUT2D eigenvalue weighted by atomic mass is 10.3. The number of rotatable bonds is 3. The maximum atomic E-state index is 11.8. The molecule has 2 amide bonds. The molecule has 5 nitrogen and oxygen atoms in total. The number of para-hydroxylation sites is 2.